The van der Waals surface area contributed by atoms with Crippen LogP contribution in [0, 0.1) is 0 Å². The molecule has 0 saturated carbocycles. The third-order valence-corrected chi connectivity index (χ3v) is 3.25. The molecule has 0 aliphatic rings. The van der Waals surface area contributed by atoms with Crippen LogP contribution in [0.25, 0.3) is 0 Å². The molecule has 1 amide bonds. The molecule has 1 aromatic rings. The van der Waals surface area contributed by atoms with Crippen molar-refractivity contribution in [3.05, 3.63) is 28.8 Å². The molecule has 2 N–H and O–H groups in total. The smallest absolute Gasteiger partial charge is 0.361 e. The Hall–Kier alpha value is -0.560. The van der Waals surface area contributed by atoms with E-state index in [1.807, 2.05) is 0 Å². The largest absolute Gasteiger partial charge is 0.416 e. The summed E-state index contributed by atoms with van der Waals surface area (Å²) in [4.78, 5) is 11.1. The minimum atomic E-state index is -4.55. The second kappa shape index (κ2) is 6.69. The van der Waals surface area contributed by atoms with E-state index in [0.29, 0.717) is 0 Å². The van der Waals surface area contributed by atoms with Gasteiger partial charge in [-0.1, -0.05) is 46.4 Å². The fraction of sp³-hybridized carbons (Fsp3) is 0.364. The van der Waals surface area contributed by atoms with Crippen LogP contribution in [-0.4, -0.2) is 15.9 Å². The van der Waals surface area contributed by atoms with Gasteiger partial charge in [0, 0.05) is 6.92 Å². The number of halogens is 7. The molecule has 118 valence electrons. The average Bonchev–Trinajstić information content (AvgIpc) is 2.27. The summed E-state index contributed by atoms with van der Waals surface area (Å²) < 4.78 is 36.0. The molecular weight excluding hydrogens is 375 g/mol. The van der Waals surface area contributed by atoms with Crippen LogP contribution in [0.1, 0.15) is 12.5 Å². The maximum absolute atomic E-state index is 12.7. The van der Waals surface area contributed by atoms with Crippen molar-refractivity contribution in [2.45, 2.75) is 23.1 Å². The zero-order valence-electron chi connectivity index (χ0n) is 10.4. The van der Waals surface area contributed by atoms with E-state index in [1.54, 1.807) is 0 Å². The third kappa shape index (κ3) is 5.62. The van der Waals surface area contributed by atoms with Gasteiger partial charge in [0.2, 0.25) is 9.70 Å². The first-order valence-corrected chi connectivity index (χ1v) is 6.89. The first-order valence-electron chi connectivity index (χ1n) is 5.38. The third-order valence-electron chi connectivity index (χ3n) is 2.27. The second-order valence-electron chi connectivity index (χ2n) is 4.01. The lowest BCUT2D eigenvalue weighted by Crippen LogP contribution is -2.48. The summed E-state index contributed by atoms with van der Waals surface area (Å²) in [6.45, 7) is 1.17. The molecule has 3 nitrogen and oxygen atoms in total. The van der Waals surface area contributed by atoms with E-state index < -0.39 is 27.6 Å². The standard InChI is InChI=1S/C11H9Cl4F3N2O/c1-5(21)19-9(10(13,14)15)20-8-4-6(11(16,17)18)2-3-7(8)12/h2-4,9,20H,1H3,(H,19,21). The van der Waals surface area contributed by atoms with Crippen molar-refractivity contribution in [3.8, 4) is 0 Å². The molecular formula is C11H9Cl4F3N2O. The summed E-state index contributed by atoms with van der Waals surface area (Å²) >= 11 is 22.8. The summed E-state index contributed by atoms with van der Waals surface area (Å²) in [6.07, 6.45) is -5.81. The zero-order chi connectivity index (χ0) is 16.4. The van der Waals surface area contributed by atoms with E-state index in [-0.39, 0.29) is 10.7 Å². The Morgan fingerprint density at radius 1 is 1.24 bits per heavy atom. The molecule has 1 rings (SSSR count). The van der Waals surface area contributed by atoms with Crippen molar-refractivity contribution < 1.29 is 18.0 Å². The molecule has 0 aliphatic heterocycles. The minimum Gasteiger partial charge on any atom is -0.361 e. The van der Waals surface area contributed by atoms with Crippen LogP contribution in [-0.2, 0) is 11.0 Å². The van der Waals surface area contributed by atoms with Crippen LogP contribution >= 0.6 is 46.4 Å². The van der Waals surface area contributed by atoms with Crippen LogP contribution in [0.15, 0.2) is 18.2 Å². The van der Waals surface area contributed by atoms with Crippen molar-refractivity contribution in [2.75, 3.05) is 5.32 Å². The Kier molecular flexibility index (Phi) is 5.89. The summed E-state index contributed by atoms with van der Waals surface area (Å²) in [5.74, 6) is -0.540. The van der Waals surface area contributed by atoms with Gasteiger partial charge in [0.05, 0.1) is 16.3 Å². The normalized spacial score (nSPS) is 13.7. The van der Waals surface area contributed by atoms with Gasteiger partial charge >= 0.3 is 6.18 Å². The van der Waals surface area contributed by atoms with Crippen molar-refractivity contribution >= 4 is 58.0 Å². The summed E-state index contributed by atoms with van der Waals surface area (Å²) in [6, 6.07) is 2.62. The lowest BCUT2D eigenvalue weighted by Gasteiger charge is -2.27. The van der Waals surface area contributed by atoms with Gasteiger partial charge in [-0.15, -0.1) is 0 Å². The van der Waals surface area contributed by atoms with E-state index >= 15 is 0 Å². The van der Waals surface area contributed by atoms with Gasteiger partial charge in [0.15, 0.2) is 0 Å². The monoisotopic (exact) mass is 382 g/mol. The van der Waals surface area contributed by atoms with Gasteiger partial charge in [0.25, 0.3) is 0 Å². The predicted octanol–water partition coefficient (Wildman–Crippen LogP) is 4.60. The van der Waals surface area contributed by atoms with Gasteiger partial charge in [-0.05, 0) is 18.2 Å². The van der Waals surface area contributed by atoms with E-state index in [2.05, 4.69) is 10.6 Å². The Labute approximate surface area is 138 Å². The Morgan fingerprint density at radius 3 is 2.24 bits per heavy atom. The zero-order valence-corrected chi connectivity index (χ0v) is 13.4. The fourth-order valence-electron chi connectivity index (χ4n) is 1.37. The highest BCUT2D eigenvalue weighted by Crippen LogP contribution is 2.36. The molecule has 0 fully saturated rings. The molecule has 0 saturated heterocycles. The first-order chi connectivity index (χ1) is 9.41. The number of hydrogen-bond acceptors (Lipinski definition) is 2. The Bertz CT molecular complexity index is 531. The summed E-state index contributed by atoms with van der Waals surface area (Å²) in [5, 5.41) is 4.72. The second-order valence-corrected chi connectivity index (χ2v) is 6.79. The highest BCUT2D eigenvalue weighted by atomic mass is 35.6. The molecule has 1 unspecified atom stereocenters. The van der Waals surface area contributed by atoms with Crippen molar-refractivity contribution in [1.29, 1.82) is 0 Å². The molecule has 1 aromatic carbocycles. The van der Waals surface area contributed by atoms with Crippen molar-refractivity contribution in [1.82, 2.24) is 5.32 Å². The summed E-state index contributed by atoms with van der Waals surface area (Å²) in [7, 11) is 0. The molecule has 0 bridgehead atoms. The Balaban J connectivity index is 3.11. The molecule has 1 atom stereocenters. The molecule has 0 heterocycles. The van der Waals surface area contributed by atoms with Gasteiger partial charge in [-0.25, -0.2) is 0 Å². The number of hydrogen-bond donors (Lipinski definition) is 2. The molecule has 0 aromatic heterocycles. The average molecular weight is 384 g/mol. The van der Waals surface area contributed by atoms with Crippen molar-refractivity contribution in [2.24, 2.45) is 0 Å². The number of carbonyl (C=O) groups excluding carboxylic acids is 1. The first kappa shape index (κ1) is 18.5. The fourth-order valence-corrected chi connectivity index (χ4v) is 1.87. The number of amides is 1. The lowest BCUT2D eigenvalue weighted by atomic mass is 10.2. The predicted molar refractivity (Wildman–Crippen MR) is 78.0 cm³/mol. The van der Waals surface area contributed by atoms with Gasteiger partial charge in [-0.3, -0.25) is 4.79 Å². The number of anilines is 1. The van der Waals surface area contributed by atoms with Gasteiger partial charge in [-0.2, -0.15) is 13.2 Å². The molecule has 10 heteroatoms. The quantitative estimate of drug-likeness (QED) is 0.591. The number of rotatable bonds is 3. The number of benzene rings is 1. The molecule has 0 spiro atoms. The number of alkyl halides is 6. The minimum absolute atomic E-state index is 0.0207. The van der Waals surface area contributed by atoms with E-state index in [4.69, 9.17) is 46.4 Å². The maximum Gasteiger partial charge on any atom is 0.416 e. The number of carbonyl (C=O) groups is 1. The Morgan fingerprint density at radius 2 is 1.81 bits per heavy atom. The summed E-state index contributed by atoms with van der Waals surface area (Å²) in [5.41, 5.74) is -1.06. The van der Waals surface area contributed by atoms with Crippen LogP contribution in [0.2, 0.25) is 5.02 Å². The topological polar surface area (TPSA) is 41.1 Å². The lowest BCUT2D eigenvalue weighted by molar-refractivity contribution is -0.137. The molecule has 21 heavy (non-hydrogen) atoms. The number of nitrogens with one attached hydrogen (secondary N) is 2. The SMILES string of the molecule is CC(=O)NC(Nc1cc(C(F)(F)F)ccc1Cl)C(Cl)(Cl)Cl. The van der Waals surface area contributed by atoms with E-state index in [9.17, 15) is 18.0 Å². The van der Waals surface area contributed by atoms with Crippen LogP contribution in [0.4, 0.5) is 18.9 Å². The van der Waals surface area contributed by atoms with E-state index in [0.717, 1.165) is 18.2 Å². The highest BCUT2D eigenvalue weighted by Gasteiger charge is 2.35. The van der Waals surface area contributed by atoms with Gasteiger partial charge < -0.3 is 10.6 Å². The molecule has 0 aliphatic carbocycles. The maximum atomic E-state index is 12.7. The van der Waals surface area contributed by atoms with Gasteiger partial charge in [0.1, 0.15) is 6.17 Å². The van der Waals surface area contributed by atoms with E-state index in [1.165, 1.54) is 6.92 Å². The molecule has 0 radical (unpaired) electrons. The van der Waals surface area contributed by atoms with Crippen LogP contribution in [0.3, 0.4) is 0 Å². The van der Waals surface area contributed by atoms with Crippen LogP contribution < -0.4 is 10.6 Å². The highest BCUT2D eigenvalue weighted by molar-refractivity contribution is 6.68. The van der Waals surface area contributed by atoms with Crippen LogP contribution in [0.5, 0.6) is 0 Å². The van der Waals surface area contributed by atoms with Crippen molar-refractivity contribution in [3.63, 3.8) is 0 Å².